The monoisotopic (exact) mass is 314 g/mol. The first kappa shape index (κ1) is 15.9. The summed E-state index contributed by atoms with van der Waals surface area (Å²) in [5.41, 5.74) is 0.104. The zero-order valence-corrected chi connectivity index (χ0v) is 12.7. The molecule has 0 amide bonds. The zero-order valence-electron chi connectivity index (χ0n) is 12.0. The fraction of sp³-hybridized carbons (Fsp3) is 0.692. The Morgan fingerprint density at radius 1 is 1.38 bits per heavy atom. The van der Waals surface area contributed by atoms with E-state index in [1.165, 1.54) is 26.2 Å². The molecule has 2 rings (SSSR count). The third kappa shape index (κ3) is 4.50. The van der Waals surface area contributed by atoms with Gasteiger partial charge in [-0.05, 0) is 31.4 Å². The first-order valence-electron chi connectivity index (χ1n) is 7.12. The second kappa shape index (κ2) is 7.51. The summed E-state index contributed by atoms with van der Waals surface area (Å²) >= 11 is 5.75. The normalized spacial score (nSPS) is 15.9. The van der Waals surface area contributed by atoms with Gasteiger partial charge in [0.1, 0.15) is 5.69 Å². The Balaban J connectivity index is 1.88. The van der Waals surface area contributed by atoms with Gasteiger partial charge >= 0.3 is 5.69 Å². The molecule has 116 valence electrons. The molecule has 0 aliphatic heterocycles. The number of hydrogen-bond donors (Lipinski definition) is 1. The van der Waals surface area contributed by atoms with Crippen LogP contribution in [0.3, 0.4) is 0 Å². The number of nitrogens with zero attached hydrogens (tertiary/aromatic N) is 3. The van der Waals surface area contributed by atoms with Crippen LogP contribution in [0.2, 0.25) is 5.28 Å². The van der Waals surface area contributed by atoms with Crippen LogP contribution in [0, 0.1) is 17.0 Å². The lowest BCUT2D eigenvalue weighted by Gasteiger charge is -2.22. The zero-order chi connectivity index (χ0) is 15.2. The lowest BCUT2D eigenvalue weighted by Crippen LogP contribution is -2.21. The molecule has 1 aromatic rings. The predicted octanol–water partition coefficient (Wildman–Crippen LogP) is 3.11. The second-order valence-electron chi connectivity index (χ2n) is 5.09. The molecule has 0 spiro atoms. The summed E-state index contributed by atoms with van der Waals surface area (Å²) < 4.78 is 5.76. The number of nitrogens with one attached hydrogen (secondary N) is 1. The lowest BCUT2D eigenvalue weighted by atomic mass is 9.98. The lowest BCUT2D eigenvalue weighted by molar-refractivity contribution is -0.385. The van der Waals surface area contributed by atoms with Crippen LogP contribution < -0.4 is 5.32 Å². The molecule has 1 aliphatic rings. The van der Waals surface area contributed by atoms with Gasteiger partial charge in [0.25, 0.3) is 0 Å². The van der Waals surface area contributed by atoms with E-state index in [1.54, 1.807) is 0 Å². The highest BCUT2D eigenvalue weighted by Gasteiger charge is 2.21. The van der Waals surface area contributed by atoms with Gasteiger partial charge in [0.15, 0.2) is 0 Å². The first-order chi connectivity index (χ1) is 10.1. The second-order valence-corrected chi connectivity index (χ2v) is 5.43. The average molecular weight is 315 g/mol. The molecule has 1 heterocycles. The molecule has 0 unspecified atom stereocenters. The van der Waals surface area contributed by atoms with E-state index in [4.69, 9.17) is 16.3 Å². The molecule has 1 N–H and O–H groups in total. The summed E-state index contributed by atoms with van der Waals surface area (Å²) in [7, 11) is 0. The minimum absolute atomic E-state index is 0.00574. The SMILES string of the molecule is Cc1nc(Cl)nc(NCCOC2CCCCC2)c1[N+](=O)[O-]. The van der Waals surface area contributed by atoms with Gasteiger partial charge in [-0.1, -0.05) is 19.3 Å². The predicted molar refractivity (Wildman–Crippen MR) is 79.7 cm³/mol. The standard InChI is InChI=1S/C13H19ClN4O3/c1-9-11(18(19)20)12(17-13(14)16-9)15-7-8-21-10-5-3-2-4-6-10/h10H,2-8H2,1H3,(H,15,16,17). The molecule has 1 fully saturated rings. The molecule has 8 heteroatoms. The van der Waals surface area contributed by atoms with Gasteiger partial charge in [0.2, 0.25) is 11.1 Å². The molecule has 0 aromatic carbocycles. The number of ether oxygens (including phenoxy) is 1. The minimum atomic E-state index is -0.504. The summed E-state index contributed by atoms with van der Waals surface area (Å²) in [6, 6.07) is 0. The van der Waals surface area contributed by atoms with Crippen LogP contribution in [0.25, 0.3) is 0 Å². The Hall–Kier alpha value is -1.47. The molecule has 1 aromatic heterocycles. The molecular weight excluding hydrogens is 296 g/mol. The number of halogens is 1. The highest BCUT2D eigenvalue weighted by atomic mass is 35.5. The maximum absolute atomic E-state index is 11.0. The van der Waals surface area contributed by atoms with Crippen molar-refractivity contribution in [1.82, 2.24) is 9.97 Å². The topological polar surface area (TPSA) is 90.2 Å². The Labute approximate surface area is 128 Å². The van der Waals surface area contributed by atoms with Gasteiger partial charge in [0.05, 0.1) is 17.6 Å². The van der Waals surface area contributed by atoms with Crippen LogP contribution in [0.15, 0.2) is 0 Å². The Kier molecular flexibility index (Phi) is 5.69. The van der Waals surface area contributed by atoms with Gasteiger partial charge in [-0.3, -0.25) is 10.1 Å². The van der Waals surface area contributed by atoms with Gasteiger partial charge in [-0.15, -0.1) is 0 Å². The number of hydrogen-bond acceptors (Lipinski definition) is 6. The van der Waals surface area contributed by atoms with Crippen molar-refractivity contribution >= 4 is 23.1 Å². The van der Waals surface area contributed by atoms with Crippen LogP contribution in [-0.2, 0) is 4.74 Å². The molecule has 0 radical (unpaired) electrons. The summed E-state index contributed by atoms with van der Waals surface area (Å²) in [5, 5.41) is 14.0. The van der Waals surface area contributed by atoms with Gasteiger partial charge in [-0.25, -0.2) is 4.98 Å². The number of rotatable bonds is 6. The number of anilines is 1. The van der Waals surface area contributed by atoms with E-state index in [0.29, 0.717) is 19.3 Å². The first-order valence-corrected chi connectivity index (χ1v) is 7.49. The van der Waals surface area contributed by atoms with Crippen molar-refractivity contribution in [3.8, 4) is 0 Å². The van der Waals surface area contributed by atoms with E-state index >= 15 is 0 Å². The van der Waals surface area contributed by atoms with Crippen LogP contribution in [0.5, 0.6) is 0 Å². The third-order valence-electron chi connectivity index (χ3n) is 3.51. The largest absolute Gasteiger partial charge is 0.376 e. The average Bonchev–Trinajstić information content (AvgIpc) is 2.43. The number of nitro groups is 1. The highest BCUT2D eigenvalue weighted by molar-refractivity contribution is 6.28. The van der Waals surface area contributed by atoms with Crippen molar-refractivity contribution in [1.29, 1.82) is 0 Å². The van der Waals surface area contributed by atoms with E-state index in [2.05, 4.69) is 15.3 Å². The highest BCUT2D eigenvalue weighted by Crippen LogP contribution is 2.26. The van der Waals surface area contributed by atoms with E-state index in [9.17, 15) is 10.1 Å². The molecular formula is C13H19ClN4O3. The summed E-state index contributed by atoms with van der Waals surface area (Å²) in [4.78, 5) is 18.2. The van der Waals surface area contributed by atoms with Crippen molar-refractivity contribution < 1.29 is 9.66 Å². The maximum atomic E-state index is 11.0. The molecule has 0 saturated heterocycles. The Bertz CT molecular complexity index is 506. The molecule has 1 aliphatic carbocycles. The minimum Gasteiger partial charge on any atom is -0.376 e. The van der Waals surface area contributed by atoms with Crippen molar-refractivity contribution in [2.75, 3.05) is 18.5 Å². The quantitative estimate of drug-likeness (QED) is 0.375. The van der Waals surface area contributed by atoms with E-state index in [1.807, 2.05) is 0 Å². The van der Waals surface area contributed by atoms with E-state index in [-0.39, 0.29) is 22.5 Å². The fourth-order valence-electron chi connectivity index (χ4n) is 2.50. The van der Waals surface area contributed by atoms with Crippen molar-refractivity contribution in [2.24, 2.45) is 0 Å². The Morgan fingerprint density at radius 3 is 2.76 bits per heavy atom. The van der Waals surface area contributed by atoms with Crippen LogP contribution >= 0.6 is 11.6 Å². The smallest absolute Gasteiger partial charge is 0.332 e. The fourth-order valence-corrected chi connectivity index (χ4v) is 2.71. The van der Waals surface area contributed by atoms with Gasteiger partial charge in [-0.2, -0.15) is 4.98 Å². The molecule has 21 heavy (non-hydrogen) atoms. The van der Waals surface area contributed by atoms with Crippen LogP contribution in [-0.4, -0.2) is 34.1 Å². The van der Waals surface area contributed by atoms with E-state index in [0.717, 1.165) is 12.8 Å². The number of aromatic nitrogens is 2. The summed E-state index contributed by atoms with van der Waals surface area (Å²) in [6.45, 7) is 2.47. The summed E-state index contributed by atoms with van der Waals surface area (Å²) in [6.07, 6.45) is 6.21. The van der Waals surface area contributed by atoms with E-state index < -0.39 is 4.92 Å². The number of aryl methyl sites for hydroxylation is 1. The van der Waals surface area contributed by atoms with Crippen LogP contribution in [0.1, 0.15) is 37.8 Å². The molecule has 0 bridgehead atoms. The molecule has 0 atom stereocenters. The van der Waals surface area contributed by atoms with Crippen molar-refractivity contribution in [3.05, 3.63) is 21.1 Å². The van der Waals surface area contributed by atoms with Crippen LogP contribution in [0.4, 0.5) is 11.5 Å². The molecule has 7 nitrogen and oxygen atoms in total. The maximum Gasteiger partial charge on any atom is 0.332 e. The molecule has 1 saturated carbocycles. The van der Waals surface area contributed by atoms with Gasteiger partial charge < -0.3 is 10.1 Å². The summed E-state index contributed by atoms with van der Waals surface area (Å²) in [5.74, 6) is 0.143. The van der Waals surface area contributed by atoms with Gasteiger partial charge in [0, 0.05) is 6.54 Å². The van der Waals surface area contributed by atoms with Crippen molar-refractivity contribution in [2.45, 2.75) is 45.1 Å². The van der Waals surface area contributed by atoms with Crippen molar-refractivity contribution in [3.63, 3.8) is 0 Å². The third-order valence-corrected chi connectivity index (χ3v) is 3.68. The Morgan fingerprint density at radius 2 is 2.10 bits per heavy atom.